The van der Waals surface area contributed by atoms with Crippen LogP contribution in [0.25, 0.3) is 11.4 Å². The summed E-state index contributed by atoms with van der Waals surface area (Å²) in [6.07, 6.45) is 3.35. The number of halogens is 1. The molecular weight excluding hydrogens is 342 g/mol. The second-order valence-electron chi connectivity index (χ2n) is 5.70. The lowest BCUT2D eigenvalue weighted by molar-refractivity contribution is 0.147. The third-order valence-electron chi connectivity index (χ3n) is 4.01. The lowest BCUT2D eigenvalue weighted by atomic mass is 10.0. The van der Waals surface area contributed by atoms with Gasteiger partial charge in [-0.15, -0.1) is 0 Å². The summed E-state index contributed by atoms with van der Waals surface area (Å²) in [6.45, 7) is 1.04. The lowest BCUT2D eigenvalue weighted by Gasteiger charge is -2.36. The summed E-state index contributed by atoms with van der Waals surface area (Å²) in [4.78, 5) is 22.3. The molecule has 8 heteroatoms. The quantitative estimate of drug-likeness (QED) is 0.778. The van der Waals surface area contributed by atoms with Crippen LogP contribution in [-0.4, -0.2) is 39.1 Å². The number of pyridine rings is 1. The molecule has 2 aromatic heterocycles. The molecular formula is C17H14ClN5O2. The molecule has 1 N–H and O–H groups in total. The van der Waals surface area contributed by atoms with Crippen LogP contribution in [0.5, 0.6) is 0 Å². The van der Waals surface area contributed by atoms with Gasteiger partial charge in [-0.1, -0.05) is 28.9 Å². The second kappa shape index (κ2) is 6.52. The minimum Gasteiger partial charge on any atom is -0.339 e. The molecule has 3 heterocycles. The zero-order chi connectivity index (χ0) is 17.2. The Hall–Kier alpha value is -2.93. The lowest BCUT2D eigenvalue weighted by Crippen LogP contribution is -2.50. The van der Waals surface area contributed by atoms with Crippen molar-refractivity contribution in [2.24, 2.45) is 0 Å². The molecule has 1 aliphatic rings. The van der Waals surface area contributed by atoms with E-state index in [4.69, 9.17) is 16.1 Å². The molecule has 7 nitrogen and oxygen atoms in total. The molecule has 4 rings (SSSR count). The number of carbonyl (C=O) groups excluding carboxylic acids is 1. The summed E-state index contributed by atoms with van der Waals surface area (Å²) >= 11 is 6.05. The highest BCUT2D eigenvalue weighted by Crippen LogP contribution is 2.29. The molecule has 0 spiro atoms. The maximum absolute atomic E-state index is 12.2. The maximum Gasteiger partial charge on any atom is 0.321 e. The van der Waals surface area contributed by atoms with Gasteiger partial charge in [0.05, 0.1) is 16.6 Å². The number of amides is 2. The van der Waals surface area contributed by atoms with Gasteiger partial charge in [-0.3, -0.25) is 4.98 Å². The first-order valence-electron chi connectivity index (χ1n) is 7.75. The van der Waals surface area contributed by atoms with E-state index in [0.717, 1.165) is 5.56 Å². The van der Waals surface area contributed by atoms with Crippen molar-refractivity contribution in [1.82, 2.24) is 20.0 Å². The molecule has 0 radical (unpaired) electrons. The molecule has 1 aliphatic heterocycles. The minimum absolute atomic E-state index is 0.0417. The number of nitrogens with zero attached hydrogens (tertiary/aromatic N) is 4. The summed E-state index contributed by atoms with van der Waals surface area (Å²) in [5.41, 5.74) is 1.44. The van der Waals surface area contributed by atoms with E-state index in [1.807, 2.05) is 24.3 Å². The molecule has 3 aromatic rings. The van der Waals surface area contributed by atoms with Gasteiger partial charge in [0, 0.05) is 31.0 Å². The van der Waals surface area contributed by atoms with E-state index in [0.29, 0.717) is 35.5 Å². The van der Waals surface area contributed by atoms with E-state index in [9.17, 15) is 4.79 Å². The predicted octanol–water partition coefficient (Wildman–Crippen LogP) is 3.42. The van der Waals surface area contributed by atoms with Crippen molar-refractivity contribution in [3.05, 3.63) is 59.7 Å². The van der Waals surface area contributed by atoms with Crippen LogP contribution in [0.2, 0.25) is 5.02 Å². The summed E-state index contributed by atoms with van der Waals surface area (Å²) in [6, 6.07) is 10.6. The molecule has 1 fully saturated rings. The Labute approximate surface area is 148 Å². The Bertz CT molecular complexity index is 893. The average molecular weight is 356 g/mol. The van der Waals surface area contributed by atoms with E-state index in [-0.39, 0.29) is 11.9 Å². The Morgan fingerprint density at radius 1 is 1.20 bits per heavy atom. The van der Waals surface area contributed by atoms with Gasteiger partial charge in [-0.25, -0.2) is 4.79 Å². The number of hydrogen-bond acceptors (Lipinski definition) is 5. The normalized spacial score (nSPS) is 14.2. The van der Waals surface area contributed by atoms with Crippen LogP contribution in [0.15, 0.2) is 53.3 Å². The van der Waals surface area contributed by atoms with Crippen molar-refractivity contribution in [3.8, 4) is 11.4 Å². The van der Waals surface area contributed by atoms with Crippen molar-refractivity contribution in [3.63, 3.8) is 0 Å². The molecule has 0 unspecified atom stereocenters. The Balaban J connectivity index is 1.37. The van der Waals surface area contributed by atoms with Crippen molar-refractivity contribution < 1.29 is 9.32 Å². The first kappa shape index (κ1) is 15.6. The third-order valence-corrected chi connectivity index (χ3v) is 4.34. The first-order chi connectivity index (χ1) is 12.2. The molecule has 1 aromatic carbocycles. The van der Waals surface area contributed by atoms with Gasteiger partial charge >= 0.3 is 6.03 Å². The first-order valence-corrected chi connectivity index (χ1v) is 8.13. The molecule has 2 amide bonds. The number of para-hydroxylation sites is 1. The van der Waals surface area contributed by atoms with Crippen LogP contribution in [0.1, 0.15) is 11.8 Å². The van der Waals surface area contributed by atoms with Crippen molar-refractivity contribution >= 4 is 23.3 Å². The van der Waals surface area contributed by atoms with Gasteiger partial charge in [-0.05, 0) is 24.3 Å². The van der Waals surface area contributed by atoms with E-state index in [1.165, 1.54) is 0 Å². The fourth-order valence-electron chi connectivity index (χ4n) is 2.58. The zero-order valence-corrected chi connectivity index (χ0v) is 13.8. The zero-order valence-electron chi connectivity index (χ0n) is 13.1. The molecule has 0 bridgehead atoms. The van der Waals surface area contributed by atoms with E-state index in [2.05, 4.69) is 20.4 Å². The number of nitrogens with one attached hydrogen (secondary N) is 1. The number of benzene rings is 1. The number of anilines is 1. The smallest absolute Gasteiger partial charge is 0.321 e. The summed E-state index contributed by atoms with van der Waals surface area (Å²) < 4.78 is 5.33. The largest absolute Gasteiger partial charge is 0.339 e. The van der Waals surface area contributed by atoms with Gasteiger partial charge in [-0.2, -0.15) is 4.98 Å². The predicted molar refractivity (Wildman–Crippen MR) is 92.3 cm³/mol. The van der Waals surface area contributed by atoms with Gasteiger partial charge in [0.2, 0.25) is 11.7 Å². The van der Waals surface area contributed by atoms with Crippen molar-refractivity contribution in [1.29, 1.82) is 0 Å². The maximum atomic E-state index is 12.2. The highest BCUT2D eigenvalue weighted by Gasteiger charge is 2.35. The highest BCUT2D eigenvalue weighted by atomic mass is 35.5. The Morgan fingerprint density at radius 3 is 2.72 bits per heavy atom. The summed E-state index contributed by atoms with van der Waals surface area (Å²) in [7, 11) is 0. The topological polar surface area (TPSA) is 84.2 Å². The number of aromatic nitrogens is 3. The van der Waals surface area contributed by atoms with Crippen molar-refractivity contribution in [2.45, 2.75) is 5.92 Å². The van der Waals surface area contributed by atoms with Crippen LogP contribution in [0.4, 0.5) is 10.5 Å². The van der Waals surface area contributed by atoms with Crippen molar-refractivity contribution in [2.75, 3.05) is 18.4 Å². The fraction of sp³-hybridized carbons (Fsp3) is 0.176. The standard InChI is InChI=1S/C17H14ClN5O2/c18-13-3-1-2-4-14(13)20-17(24)23-9-12(10-23)16-21-15(22-25-16)11-5-7-19-8-6-11/h1-8,12H,9-10H2,(H,20,24). The van der Waals surface area contributed by atoms with Crippen LogP contribution in [0, 0.1) is 0 Å². The molecule has 0 atom stereocenters. The molecule has 0 saturated carbocycles. The van der Waals surface area contributed by atoms with E-state index >= 15 is 0 Å². The SMILES string of the molecule is O=C(Nc1ccccc1Cl)N1CC(c2nc(-c3ccncc3)no2)C1. The second-order valence-corrected chi connectivity index (χ2v) is 6.11. The number of likely N-dealkylation sites (tertiary alicyclic amines) is 1. The van der Waals surface area contributed by atoms with Gasteiger partial charge in [0.1, 0.15) is 0 Å². The number of urea groups is 1. The molecule has 126 valence electrons. The number of rotatable bonds is 3. The van der Waals surface area contributed by atoms with Gasteiger partial charge in [0.15, 0.2) is 0 Å². The Kier molecular flexibility index (Phi) is 4.07. The third kappa shape index (κ3) is 3.18. The number of hydrogen-bond donors (Lipinski definition) is 1. The molecule has 0 aliphatic carbocycles. The van der Waals surface area contributed by atoms with Crippen LogP contribution in [-0.2, 0) is 0 Å². The minimum atomic E-state index is -0.196. The average Bonchev–Trinajstić information content (AvgIpc) is 3.06. The number of carbonyl (C=O) groups is 1. The summed E-state index contributed by atoms with van der Waals surface area (Å²) in [5.74, 6) is 1.10. The van der Waals surface area contributed by atoms with Crippen LogP contribution < -0.4 is 5.32 Å². The van der Waals surface area contributed by atoms with Crippen LogP contribution >= 0.6 is 11.6 Å². The van der Waals surface area contributed by atoms with Gasteiger partial charge in [0.25, 0.3) is 0 Å². The van der Waals surface area contributed by atoms with E-state index in [1.54, 1.807) is 29.4 Å². The summed E-state index contributed by atoms with van der Waals surface area (Å²) in [5, 5.41) is 7.29. The fourth-order valence-corrected chi connectivity index (χ4v) is 2.76. The molecule has 25 heavy (non-hydrogen) atoms. The Morgan fingerprint density at radius 2 is 1.96 bits per heavy atom. The van der Waals surface area contributed by atoms with E-state index < -0.39 is 0 Å². The van der Waals surface area contributed by atoms with Crippen LogP contribution in [0.3, 0.4) is 0 Å². The molecule has 1 saturated heterocycles. The monoisotopic (exact) mass is 355 g/mol. The highest BCUT2D eigenvalue weighted by molar-refractivity contribution is 6.33. The van der Waals surface area contributed by atoms with Gasteiger partial charge < -0.3 is 14.7 Å².